The van der Waals surface area contributed by atoms with E-state index in [-0.39, 0.29) is 11.4 Å². The SMILES string of the molecule is CC1(C)CCCN1Cc1ccc(C(=N)N)cc1Cl. The second-order valence-electron chi connectivity index (χ2n) is 5.56. The molecule has 98 valence electrons. The highest BCUT2D eigenvalue weighted by Gasteiger charge is 2.31. The topological polar surface area (TPSA) is 53.1 Å². The smallest absolute Gasteiger partial charge is 0.122 e. The van der Waals surface area contributed by atoms with Crippen LogP contribution in [0.25, 0.3) is 0 Å². The van der Waals surface area contributed by atoms with Crippen LogP contribution in [0, 0.1) is 5.41 Å². The number of hydrogen-bond donors (Lipinski definition) is 2. The van der Waals surface area contributed by atoms with Gasteiger partial charge in [-0.2, -0.15) is 0 Å². The van der Waals surface area contributed by atoms with E-state index >= 15 is 0 Å². The molecular formula is C14H20ClN3. The molecule has 2 rings (SSSR count). The molecule has 1 saturated heterocycles. The maximum Gasteiger partial charge on any atom is 0.122 e. The lowest BCUT2D eigenvalue weighted by Crippen LogP contribution is -2.37. The molecule has 0 radical (unpaired) electrons. The fourth-order valence-corrected chi connectivity index (χ4v) is 2.75. The third-order valence-corrected chi connectivity index (χ3v) is 4.15. The van der Waals surface area contributed by atoms with Crippen molar-refractivity contribution < 1.29 is 0 Å². The van der Waals surface area contributed by atoms with Crippen LogP contribution < -0.4 is 5.73 Å². The summed E-state index contributed by atoms with van der Waals surface area (Å²) in [6.07, 6.45) is 2.48. The van der Waals surface area contributed by atoms with Crippen LogP contribution in [0.3, 0.4) is 0 Å². The summed E-state index contributed by atoms with van der Waals surface area (Å²) in [5, 5.41) is 8.10. The van der Waals surface area contributed by atoms with Crippen LogP contribution in [0.4, 0.5) is 0 Å². The summed E-state index contributed by atoms with van der Waals surface area (Å²) in [5.74, 6) is 0.0601. The molecule has 0 aromatic heterocycles. The highest BCUT2D eigenvalue weighted by Crippen LogP contribution is 2.31. The van der Waals surface area contributed by atoms with Crippen LogP contribution in [-0.4, -0.2) is 22.8 Å². The predicted octanol–water partition coefficient (Wildman–Crippen LogP) is 3.00. The van der Waals surface area contributed by atoms with Crippen LogP contribution in [0.1, 0.15) is 37.8 Å². The van der Waals surface area contributed by atoms with Crippen molar-refractivity contribution in [1.82, 2.24) is 4.90 Å². The Morgan fingerprint density at radius 2 is 2.22 bits per heavy atom. The van der Waals surface area contributed by atoms with Crippen molar-refractivity contribution in [3.63, 3.8) is 0 Å². The van der Waals surface area contributed by atoms with Gasteiger partial charge in [0, 0.05) is 22.7 Å². The van der Waals surface area contributed by atoms with Crippen LogP contribution in [0.5, 0.6) is 0 Å². The van der Waals surface area contributed by atoms with Gasteiger partial charge in [-0.15, -0.1) is 0 Å². The lowest BCUT2D eigenvalue weighted by molar-refractivity contribution is 0.166. The van der Waals surface area contributed by atoms with Crippen molar-refractivity contribution in [3.8, 4) is 0 Å². The third kappa shape index (κ3) is 2.68. The lowest BCUT2D eigenvalue weighted by atomic mass is 10.0. The van der Waals surface area contributed by atoms with Gasteiger partial charge in [0.15, 0.2) is 0 Å². The second-order valence-corrected chi connectivity index (χ2v) is 5.96. The molecule has 1 fully saturated rings. The van der Waals surface area contributed by atoms with E-state index in [0.717, 1.165) is 18.7 Å². The molecule has 3 N–H and O–H groups in total. The summed E-state index contributed by atoms with van der Waals surface area (Å²) in [7, 11) is 0. The number of hydrogen-bond acceptors (Lipinski definition) is 2. The van der Waals surface area contributed by atoms with E-state index in [2.05, 4.69) is 18.7 Å². The molecule has 1 aliphatic heterocycles. The minimum absolute atomic E-state index is 0.0601. The van der Waals surface area contributed by atoms with E-state index in [9.17, 15) is 0 Å². The summed E-state index contributed by atoms with van der Waals surface area (Å²) in [5.41, 5.74) is 7.50. The molecule has 0 spiro atoms. The first-order chi connectivity index (χ1) is 8.40. The van der Waals surface area contributed by atoms with Gasteiger partial charge in [-0.05, 0) is 44.9 Å². The Morgan fingerprint density at radius 3 is 2.72 bits per heavy atom. The number of rotatable bonds is 3. The zero-order valence-electron chi connectivity index (χ0n) is 11.0. The van der Waals surface area contributed by atoms with Gasteiger partial charge >= 0.3 is 0 Å². The largest absolute Gasteiger partial charge is 0.384 e. The van der Waals surface area contributed by atoms with Gasteiger partial charge in [0.05, 0.1) is 0 Å². The number of benzene rings is 1. The van der Waals surface area contributed by atoms with Crippen LogP contribution in [0.2, 0.25) is 5.02 Å². The quantitative estimate of drug-likeness (QED) is 0.652. The summed E-state index contributed by atoms with van der Waals surface area (Å²) >= 11 is 6.27. The molecule has 0 unspecified atom stereocenters. The molecule has 4 heteroatoms. The first-order valence-corrected chi connectivity index (χ1v) is 6.66. The van der Waals surface area contributed by atoms with E-state index in [1.54, 1.807) is 6.07 Å². The normalized spacial score (nSPS) is 19.1. The van der Waals surface area contributed by atoms with Crippen molar-refractivity contribution in [2.45, 2.75) is 38.8 Å². The van der Waals surface area contributed by atoms with Gasteiger partial charge in [0.1, 0.15) is 5.84 Å². The summed E-state index contributed by atoms with van der Waals surface area (Å²) < 4.78 is 0. The third-order valence-electron chi connectivity index (χ3n) is 3.80. The van der Waals surface area contributed by atoms with Crippen LogP contribution in [-0.2, 0) is 6.54 Å². The number of nitrogens with one attached hydrogen (secondary N) is 1. The van der Waals surface area contributed by atoms with E-state index in [0.29, 0.717) is 10.6 Å². The minimum atomic E-state index is 0.0601. The van der Waals surface area contributed by atoms with Gasteiger partial charge in [0.25, 0.3) is 0 Å². The Hall–Kier alpha value is -1.06. The molecule has 1 aromatic rings. The van der Waals surface area contributed by atoms with Gasteiger partial charge in [-0.1, -0.05) is 23.7 Å². The monoisotopic (exact) mass is 265 g/mol. The summed E-state index contributed by atoms with van der Waals surface area (Å²) in [4.78, 5) is 2.46. The fraction of sp³-hybridized carbons (Fsp3) is 0.500. The zero-order chi connectivity index (χ0) is 13.3. The maximum atomic E-state index is 7.40. The molecule has 1 aromatic carbocycles. The highest BCUT2D eigenvalue weighted by atomic mass is 35.5. The Labute approximate surface area is 113 Å². The Kier molecular flexibility index (Phi) is 3.64. The van der Waals surface area contributed by atoms with Gasteiger partial charge in [0.2, 0.25) is 0 Å². The standard InChI is InChI=1S/C14H20ClN3/c1-14(2)6-3-7-18(14)9-11-5-4-10(13(16)17)8-12(11)15/h4-5,8H,3,6-7,9H2,1-2H3,(H3,16,17). The van der Waals surface area contributed by atoms with Crippen molar-refractivity contribution in [2.24, 2.45) is 5.73 Å². The lowest BCUT2D eigenvalue weighted by Gasteiger charge is -2.31. The average molecular weight is 266 g/mol. The molecule has 0 aliphatic carbocycles. The highest BCUT2D eigenvalue weighted by molar-refractivity contribution is 6.31. The average Bonchev–Trinajstić information content (AvgIpc) is 2.61. The van der Waals surface area contributed by atoms with Crippen LogP contribution >= 0.6 is 11.6 Å². The summed E-state index contributed by atoms with van der Waals surface area (Å²) in [6, 6.07) is 5.63. The van der Waals surface area contributed by atoms with Crippen LogP contribution in [0.15, 0.2) is 18.2 Å². The number of likely N-dealkylation sites (tertiary alicyclic amines) is 1. The van der Waals surface area contributed by atoms with Crippen molar-refractivity contribution in [1.29, 1.82) is 5.41 Å². The molecule has 0 amide bonds. The van der Waals surface area contributed by atoms with E-state index in [1.807, 2.05) is 12.1 Å². The number of halogens is 1. The molecule has 0 atom stereocenters. The number of nitrogen functional groups attached to an aromatic ring is 1. The molecule has 18 heavy (non-hydrogen) atoms. The number of amidine groups is 1. The van der Waals surface area contributed by atoms with E-state index in [1.165, 1.54) is 12.8 Å². The fourth-order valence-electron chi connectivity index (χ4n) is 2.51. The molecular weight excluding hydrogens is 246 g/mol. The van der Waals surface area contributed by atoms with Gasteiger partial charge < -0.3 is 5.73 Å². The Morgan fingerprint density at radius 1 is 1.50 bits per heavy atom. The first-order valence-electron chi connectivity index (χ1n) is 6.28. The number of nitrogens with zero attached hydrogens (tertiary/aromatic N) is 1. The van der Waals surface area contributed by atoms with Crippen molar-refractivity contribution in [3.05, 3.63) is 34.3 Å². The minimum Gasteiger partial charge on any atom is -0.384 e. The predicted molar refractivity (Wildman–Crippen MR) is 76.2 cm³/mol. The van der Waals surface area contributed by atoms with Gasteiger partial charge in [-0.3, -0.25) is 10.3 Å². The molecule has 3 nitrogen and oxygen atoms in total. The molecule has 1 aliphatic rings. The Bertz CT molecular complexity index is 468. The van der Waals surface area contributed by atoms with Crippen molar-refractivity contribution >= 4 is 17.4 Å². The van der Waals surface area contributed by atoms with Crippen molar-refractivity contribution in [2.75, 3.05) is 6.54 Å². The molecule has 1 heterocycles. The Balaban J connectivity index is 2.17. The zero-order valence-corrected chi connectivity index (χ0v) is 11.7. The summed E-state index contributed by atoms with van der Waals surface area (Å²) in [6.45, 7) is 6.54. The van der Waals surface area contributed by atoms with Gasteiger partial charge in [-0.25, -0.2) is 0 Å². The van der Waals surface area contributed by atoms with E-state index < -0.39 is 0 Å². The maximum absolute atomic E-state index is 7.40. The second kappa shape index (κ2) is 4.90. The number of nitrogens with two attached hydrogens (primary N) is 1. The van der Waals surface area contributed by atoms with E-state index in [4.69, 9.17) is 22.7 Å². The first kappa shape index (κ1) is 13.4. The molecule has 0 saturated carbocycles. The molecule has 0 bridgehead atoms.